The van der Waals surface area contributed by atoms with Crippen molar-refractivity contribution >= 4 is 22.6 Å². The molecule has 0 aliphatic carbocycles. The van der Waals surface area contributed by atoms with Gasteiger partial charge in [0.15, 0.2) is 0 Å². The summed E-state index contributed by atoms with van der Waals surface area (Å²) in [6.07, 6.45) is 8.68. The quantitative estimate of drug-likeness (QED) is 0.340. The summed E-state index contributed by atoms with van der Waals surface area (Å²) in [7, 11) is 5.36. The molecule has 0 saturated heterocycles. The summed E-state index contributed by atoms with van der Waals surface area (Å²) in [5.41, 5.74) is 8.99. The van der Waals surface area contributed by atoms with Crippen molar-refractivity contribution in [3.63, 3.8) is 0 Å². The number of ether oxygens (including phenoxy) is 1. The maximum Gasteiger partial charge on any atom is 0.247 e. The predicted octanol–water partition coefficient (Wildman–Crippen LogP) is 4.78. The number of hydrogen-bond donors (Lipinski definition) is 2. The van der Waals surface area contributed by atoms with Gasteiger partial charge in [-0.15, -0.1) is 0 Å². The molecular weight excluding hydrogens is 454 g/mol. The Morgan fingerprint density at radius 1 is 1.11 bits per heavy atom. The highest BCUT2D eigenvalue weighted by Gasteiger charge is 2.23. The number of amides is 1. The molecule has 2 N–H and O–H groups in total. The van der Waals surface area contributed by atoms with Crippen molar-refractivity contribution in [2.75, 3.05) is 12.4 Å². The second-order valence-corrected chi connectivity index (χ2v) is 8.71. The number of nitrogens with one attached hydrogen (secondary N) is 2. The first-order valence-corrected chi connectivity index (χ1v) is 11.4. The number of aromatic amines is 1. The number of carbonyl (C=O) groups excluding carboxylic acids is 1. The maximum absolute atomic E-state index is 12.1. The van der Waals surface area contributed by atoms with Crippen LogP contribution < -0.4 is 10.1 Å². The molecule has 0 spiro atoms. The van der Waals surface area contributed by atoms with Gasteiger partial charge >= 0.3 is 0 Å². The van der Waals surface area contributed by atoms with Gasteiger partial charge in [-0.25, -0.2) is 9.67 Å². The minimum absolute atomic E-state index is 0.259. The van der Waals surface area contributed by atoms with Gasteiger partial charge in [0.2, 0.25) is 11.8 Å². The van der Waals surface area contributed by atoms with Crippen LogP contribution in [0.1, 0.15) is 11.1 Å². The largest absolute Gasteiger partial charge is 0.481 e. The Morgan fingerprint density at radius 3 is 2.61 bits per heavy atom. The lowest BCUT2D eigenvalue weighted by molar-refractivity contribution is -0.111. The first-order valence-electron chi connectivity index (χ1n) is 11.4. The van der Waals surface area contributed by atoms with Crippen LogP contribution in [0.4, 0.5) is 5.69 Å². The zero-order chi connectivity index (χ0) is 25.6. The third kappa shape index (κ3) is 3.74. The molecule has 0 aliphatic heterocycles. The van der Waals surface area contributed by atoms with Gasteiger partial charge in [0.1, 0.15) is 5.65 Å². The molecule has 9 heteroatoms. The van der Waals surface area contributed by atoms with Gasteiger partial charge in [-0.05, 0) is 42.7 Å². The number of methoxy groups -OCH3 is 1. The molecule has 0 bridgehead atoms. The SMILES string of the molecule is C=CC(=O)Nc1cc(-c2c(-c3cnn(C)c3)[nH]c3ncc(-c4cnn(C)c4OC)c(C)c23)ccc1C. The van der Waals surface area contributed by atoms with Crippen LogP contribution >= 0.6 is 0 Å². The average Bonchev–Trinajstić information content (AvgIpc) is 3.57. The number of hydrogen-bond acceptors (Lipinski definition) is 5. The van der Waals surface area contributed by atoms with E-state index in [2.05, 4.69) is 40.1 Å². The number of pyridine rings is 1. The van der Waals surface area contributed by atoms with E-state index in [1.807, 2.05) is 51.7 Å². The number of benzene rings is 1. The highest BCUT2D eigenvalue weighted by atomic mass is 16.5. The first kappa shape index (κ1) is 23.1. The smallest absolute Gasteiger partial charge is 0.247 e. The summed E-state index contributed by atoms with van der Waals surface area (Å²) < 4.78 is 9.08. The lowest BCUT2D eigenvalue weighted by atomic mass is 9.94. The first-order chi connectivity index (χ1) is 17.3. The van der Waals surface area contributed by atoms with Crippen molar-refractivity contribution in [3.05, 3.63) is 66.8 Å². The van der Waals surface area contributed by atoms with Crippen LogP contribution in [-0.2, 0) is 18.9 Å². The van der Waals surface area contributed by atoms with E-state index in [1.54, 1.807) is 22.7 Å². The van der Waals surface area contributed by atoms with Crippen LogP contribution in [0.2, 0.25) is 0 Å². The molecule has 5 aromatic rings. The van der Waals surface area contributed by atoms with Crippen LogP contribution in [-0.4, -0.2) is 42.5 Å². The number of H-pyrrole nitrogens is 1. The maximum atomic E-state index is 12.1. The van der Waals surface area contributed by atoms with Gasteiger partial charge in [-0.3, -0.25) is 9.48 Å². The third-order valence-corrected chi connectivity index (χ3v) is 6.41. The highest BCUT2D eigenvalue weighted by Crippen LogP contribution is 2.43. The molecular formula is C27H27N7O2. The molecule has 9 nitrogen and oxygen atoms in total. The molecule has 0 unspecified atom stereocenters. The van der Waals surface area contributed by atoms with Gasteiger partial charge in [0.25, 0.3) is 0 Å². The van der Waals surface area contributed by atoms with E-state index in [1.165, 1.54) is 6.08 Å². The van der Waals surface area contributed by atoms with Gasteiger partial charge < -0.3 is 15.0 Å². The van der Waals surface area contributed by atoms with Crippen molar-refractivity contribution < 1.29 is 9.53 Å². The molecule has 5 rings (SSSR count). The van der Waals surface area contributed by atoms with Crippen LogP contribution in [0, 0.1) is 13.8 Å². The van der Waals surface area contributed by atoms with Crippen molar-refractivity contribution in [1.29, 1.82) is 0 Å². The van der Waals surface area contributed by atoms with Crippen LogP contribution in [0.3, 0.4) is 0 Å². The van der Waals surface area contributed by atoms with Gasteiger partial charge in [-0.1, -0.05) is 18.7 Å². The lowest BCUT2D eigenvalue weighted by Crippen LogP contribution is -2.08. The molecule has 0 aliphatic rings. The zero-order valence-corrected chi connectivity index (χ0v) is 20.9. The van der Waals surface area contributed by atoms with Gasteiger partial charge in [-0.2, -0.15) is 10.2 Å². The molecule has 0 saturated carbocycles. The minimum atomic E-state index is -0.259. The van der Waals surface area contributed by atoms with Crippen molar-refractivity contribution in [3.8, 4) is 39.4 Å². The van der Waals surface area contributed by atoms with Crippen molar-refractivity contribution in [1.82, 2.24) is 29.5 Å². The van der Waals surface area contributed by atoms with E-state index in [-0.39, 0.29) is 5.91 Å². The minimum Gasteiger partial charge on any atom is -0.481 e. The molecule has 4 aromatic heterocycles. The van der Waals surface area contributed by atoms with E-state index >= 15 is 0 Å². The zero-order valence-electron chi connectivity index (χ0n) is 20.9. The van der Waals surface area contributed by atoms with E-state index in [0.29, 0.717) is 5.88 Å². The summed E-state index contributed by atoms with van der Waals surface area (Å²) in [5.74, 6) is 0.402. The topological polar surface area (TPSA) is 103 Å². The number of rotatable bonds is 6. The fourth-order valence-corrected chi connectivity index (χ4v) is 4.59. The van der Waals surface area contributed by atoms with Crippen molar-refractivity contribution in [2.45, 2.75) is 13.8 Å². The Bertz CT molecular complexity index is 1640. The predicted molar refractivity (Wildman–Crippen MR) is 141 cm³/mol. The Hall–Kier alpha value is -4.66. The summed E-state index contributed by atoms with van der Waals surface area (Å²) in [6.45, 7) is 7.60. The normalized spacial score (nSPS) is 11.1. The van der Waals surface area contributed by atoms with Crippen LogP contribution in [0.15, 0.2) is 55.6 Å². The fourth-order valence-electron chi connectivity index (χ4n) is 4.59. The summed E-state index contributed by atoms with van der Waals surface area (Å²) >= 11 is 0. The number of nitrogens with zero attached hydrogens (tertiary/aromatic N) is 5. The van der Waals surface area contributed by atoms with Gasteiger partial charge in [0.05, 0.1) is 30.8 Å². The summed E-state index contributed by atoms with van der Waals surface area (Å²) in [6, 6.07) is 6.03. The fraction of sp³-hybridized carbons (Fsp3) is 0.185. The molecule has 0 radical (unpaired) electrons. The molecule has 1 amide bonds. The Balaban J connectivity index is 1.81. The Labute approximate surface area is 208 Å². The molecule has 4 heterocycles. The Kier molecular flexibility index (Phi) is 5.68. The molecule has 36 heavy (non-hydrogen) atoms. The van der Waals surface area contributed by atoms with E-state index in [4.69, 9.17) is 9.72 Å². The number of fused-ring (bicyclic) bond motifs is 1. The highest BCUT2D eigenvalue weighted by molar-refractivity contribution is 6.07. The number of carbonyl (C=O) groups is 1. The van der Waals surface area contributed by atoms with Crippen LogP contribution in [0.25, 0.3) is 44.5 Å². The molecule has 0 fully saturated rings. The third-order valence-electron chi connectivity index (χ3n) is 6.41. The van der Waals surface area contributed by atoms with Crippen molar-refractivity contribution in [2.24, 2.45) is 14.1 Å². The summed E-state index contributed by atoms with van der Waals surface area (Å²) in [5, 5.41) is 12.6. The Morgan fingerprint density at radius 2 is 1.92 bits per heavy atom. The lowest BCUT2D eigenvalue weighted by Gasteiger charge is -2.12. The number of aryl methyl sites for hydroxylation is 4. The summed E-state index contributed by atoms with van der Waals surface area (Å²) in [4.78, 5) is 20.4. The average molecular weight is 482 g/mol. The van der Waals surface area contributed by atoms with Gasteiger partial charge in [0, 0.05) is 54.3 Å². The number of anilines is 1. The monoisotopic (exact) mass is 481 g/mol. The van der Waals surface area contributed by atoms with E-state index in [0.717, 1.165) is 61.4 Å². The molecule has 182 valence electrons. The molecule has 0 atom stereocenters. The van der Waals surface area contributed by atoms with E-state index < -0.39 is 0 Å². The molecule has 1 aromatic carbocycles. The van der Waals surface area contributed by atoms with Crippen LogP contribution in [0.5, 0.6) is 5.88 Å². The van der Waals surface area contributed by atoms with E-state index in [9.17, 15) is 4.79 Å². The standard InChI is InChI=1S/C27H27N7O2/c1-7-22(35)31-21-10-17(9-8-15(21)2)24-23-16(3)19(20-13-30-34(5)27(20)36-6)12-28-26(23)32-25(24)18-11-29-33(4)14-18/h7-14H,1H2,2-6H3,(H,28,32)(H,31,35). The second kappa shape index (κ2) is 8.84. The second-order valence-electron chi connectivity index (χ2n) is 8.71. The number of aromatic nitrogens is 6.